The number of fused-ring (bicyclic) bond motifs is 2. The lowest BCUT2D eigenvalue weighted by atomic mass is 9.92. The van der Waals surface area contributed by atoms with Crippen LogP contribution in [0.3, 0.4) is 0 Å². The number of rotatable bonds is 2. The summed E-state index contributed by atoms with van der Waals surface area (Å²) in [7, 11) is 0. The maximum atomic E-state index is 14.7. The van der Waals surface area contributed by atoms with Crippen molar-refractivity contribution in [3.8, 4) is 20.9 Å². The highest BCUT2D eigenvalue weighted by molar-refractivity contribution is 7.14. The van der Waals surface area contributed by atoms with Gasteiger partial charge in [-0.2, -0.15) is 0 Å². The van der Waals surface area contributed by atoms with Gasteiger partial charge in [0.15, 0.2) is 0 Å². The van der Waals surface area contributed by atoms with Crippen molar-refractivity contribution >= 4 is 45.9 Å². The van der Waals surface area contributed by atoms with Crippen molar-refractivity contribution in [3.05, 3.63) is 89.7 Å². The zero-order chi connectivity index (χ0) is 18.0. The van der Waals surface area contributed by atoms with Gasteiger partial charge < -0.3 is 0 Å². The van der Waals surface area contributed by atoms with Crippen LogP contribution in [0.1, 0.15) is 0 Å². The predicted molar refractivity (Wildman–Crippen MR) is 105 cm³/mol. The molecule has 0 amide bonds. The van der Waals surface area contributed by atoms with Crippen molar-refractivity contribution < 1.29 is 8.78 Å². The van der Waals surface area contributed by atoms with Gasteiger partial charge in [0, 0.05) is 21.6 Å². The first kappa shape index (κ1) is 16.5. The molecule has 4 aromatic rings. The quantitative estimate of drug-likeness (QED) is 0.275. The first-order chi connectivity index (χ1) is 12.6. The van der Waals surface area contributed by atoms with E-state index in [0.717, 1.165) is 20.9 Å². The van der Waals surface area contributed by atoms with Gasteiger partial charge in [0.25, 0.3) is 0 Å². The minimum atomic E-state index is -0.334. The summed E-state index contributed by atoms with van der Waals surface area (Å²) in [6.07, 6.45) is 0. The topological polar surface area (TPSA) is 0 Å². The highest BCUT2D eigenvalue weighted by Gasteiger charge is 2.21. The van der Waals surface area contributed by atoms with Gasteiger partial charge in [-0.1, -0.05) is 35.3 Å². The van der Waals surface area contributed by atoms with E-state index in [2.05, 4.69) is 0 Å². The molecule has 6 heteroatoms. The fraction of sp³-hybridized carbons (Fsp3) is 0. The molecule has 0 unspecified atom stereocenters. The van der Waals surface area contributed by atoms with Crippen LogP contribution in [-0.2, 0) is 0 Å². The third kappa shape index (κ3) is 2.16. The molecule has 1 aliphatic carbocycles. The van der Waals surface area contributed by atoms with Crippen LogP contribution in [0.4, 0.5) is 8.78 Å². The van der Waals surface area contributed by atoms with E-state index < -0.39 is 0 Å². The average molecular weight is 421 g/mol. The smallest absolute Gasteiger partial charge is 0.132 e. The molecule has 0 saturated heterocycles. The summed E-state index contributed by atoms with van der Waals surface area (Å²) in [6, 6.07) is 9.73. The van der Waals surface area contributed by atoms with Crippen LogP contribution in [0.2, 0.25) is 10.0 Å². The fourth-order valence-corrected chi connectivity index (χ4v) is 5.86. The lowest BCUT2D eigenvalue weighted by Crippen LogP contribution is -2.00. The number of hydrogen-bond donors (Lipinski definition) is 0. The highest BCUT2D eigenvalue weighted by atomic mass is 35.5. The summed E-state index contributed by atoms with van der Waals surface area (Å²) >= 11 is 15.3. The second-order valence-electron chi connectivity index (χ2n) is 5.89. The van der Waals surface area contributed by atoms with Crippen molar-refractivity contribution in [3.63, 3.8) is 0 Å². The van der Waals surface area contributed by atoms with E-state index in [4.69, 9.17) is 23.2 Å². The van der Waals surface area contributed by atoms with E-state index in [-0.39, 0.29) is 11.6 Å². The van der Waals surface area contributed by atoms with Gasteiger partial charge in [-0.05, 0) is 45.5 Å². The third-order valence-electron chi connectivity index (χ3n) is 4.54. The molecular formula is C20H8Cl2F2S2. The van der Waals surface area contributed by atoms with Crippen LogP contribution in [-0.4, -0.2) is 0 Å². The van der Waals surface area contributed by atoms with Crippen LogP contribution in [0.25, 0.3) is 20.9 Å². The molecule has 128 valence electrons. The molecule has 0 fully saturated rings. The lowest BCUT2D eigenvalue weighted by molar-refractivity contribution is 0.627. The number of thiophene rings is 2. The van der Waals surface area contributed by atoms with E-state index >= 15 is 0 Å². The molecular weight excluding hydrogens is 413 g/mol. The summed E-state index contributed by atoms with van der Waals surface area (Å²) in [4.78, 5) is 1.37. The molecule has 0 aliphatic heterocycles. The SMILES string of the molecule is Fc1ccc2c(c1-c1sccc1Cl)=c1ccc(F)c(-c3sccc3Cl)c1=2. The van der Waals surface area contributed by atoms with E-state index in [1.807, 2.05) is 10.8 Å². The van der Waals surface area contributed by atoms with Crippen molar-refractivity contribution in [2.75, 3.05) is 0 Å². The summed E-state index contributed by atoms with van der Waals surface area (Å²) in [6.45, 7) is 0. The van der Waals surface area contributed by atoms with Crippen LogP contribution in [0.15, 0.2) is 47.2 Å². The molecule has 5 rings (SSSR count). The largest absolute Gasteiger partial charge is 0.206 e. The van der Waals surface area contributed by atoms with Crippen LogP contribution < -0.4 is 0 Å². The van der Waals surface area contributed by atoms with Gasteiger partial charge in [-0.3, -0.25) is 0 Å². The lowest BCUT2D eigenvalue weighted by Gasteiger charge is -2.14. The van der Waals surface area contributed by atoms with Crippen LogP contribution in [0.5, 0.6) is 0 Å². The number of halogens is 4. The third-order valence-corrected chi connectivity index (χ3v) is 7.25. The molecule has 0 nitrogen and oxygen atoms in total. The molecule has 26 heavy (non-hydrogen) atoms. The molecule has 2 heterocycles. The second-order valence-corrected chi connectivity index (χ2v) is 8.53. The summed E-state index contributed by atoms with van der Waals surface area (Å²) in [5, 5.41) is 7.88. The Hall–Kier alpha value is -1.72. The Morgan fingerprint density at radius 1 is 0.615 bits per heavy atom. The Labute approximate surface area is 164 Å². The van der Waals surface area contributed by atoms with Gasteiger partial charge in [-0.15, -0.1) is 22.7 Å². The normalized spacial score (nSPS) is 11.8. The van der Waals surface area contributed by atoms with Crippen molar-refractivity contribution in [2.24, 2.45) is 0 Å². The fourth-order valence-electron chi connectivity index (χ4n) is 3.46. The molecule has 1 aliphatic rings. The van der Waals surface area contributed by atoms with Crippen molar-refractivity contribution in [2.45, 2.75) is 0 Å². The van der Waals surface area contributed by atoms with Crippen LogP contribution in [0, 0.1) is 32.5 Å². The molecule has 2 aromatic heterocycles. The average Bonchev–Trinajstić information content (AvgIpc) is 3.21. The molecule has 0 bridgehead atoms. The first-order valence-corrected chi connectivity index (χ1v) is 10.2. The van der Waals surface area contributed by atoms with E-state index in [1.165, 1.54) is 34.8 Å². The second kappa shape index (κ2) is 5.89. The van der Waals surface area contributed by atoms with Crippen molar-refractivity contribution in [1.82, 2.24) is 0 Å². The van der Waals surface area contributed by atoms with Gasteiger partial charge in [0.1, 0.15) is 11.6 Å². The van der Waals surface area contributed by atoms with Gasteiger partial charge >= 0.3 is 0 Å². The van der Waals surface area contributed by atoms with Gasteiger partial charge in [0.2, 0.25) is 0 Å². The monoisotopic (exact) mass is 420 g/mol. The first-order valence-electron chi connectivity index (χ1n) is 7.70. The molecule has 0 spiro atoms. The van der Waals surface area contributed by atoms with Crippen LogP contribution >= 0.6 is 45.9 Å². The maximum absolute atomic E-state index is 14.7. The molecule has 0 radical (unpaired) electrons. The summed E-state index contributed by atoms with van der Waals surface area (Å²) in [5.41, 5.74) is 0.953. The van der Waals surface area contributed by atoms with E-state index in [1.54, 1.807) is 24.3 Å². The number of hydrogen-bond acceptors (Lipinski definition) is 2. The van der Waals surface area contributed by atoms with Gasteiger partial charge in [-0.25, -0.2) is 8.78 Å². The Morgan fingerprint density at radius 2 is 1.04 bits per heavy atom. The molecule has 0 N–H and O–H groups in total. The zero-order valence-corrected chi connectivity index (χ0v) is 16.1. The summed E-state index contributed by atoms with van der Waals surface area (Å²) < 4.78 is 29.3. The maximum Gasteiger partial charge on any atom is 0.132 e. The molecule has 0 atom stereocenters. The predicted octanol–water partition coefficient (Wildman–Crippen LogP) is 7.62. The molecule has 2 aromatic carbocycles. The standard InChI is InChI=1S/C20H8Cl2F2S2/c21-11-5-7-25-19(11)17-13(23)3-1-9-15(17)10-2-4-14(24)18(16(9)10)20-12(22)6-8-26-20/h1-8H. The Bertz CT molecular complexity index is 1260. The zero-order valence-electron chi connectivity index (χ0n) is 12.9. The Balaban J connectivity index is 1.97. The summed E-state index contributed by atoms with van der Waals surface area (Å²) in [5.74, 6) is -0.669. The van der Waals surface area contributed by atoms with E-state index in [0.29, 0.717) is 30.9 Å². The Morgan fingerprint density at radius 3 is 1.38 bits per heavy atom. The van der Waals surface area contributed by atoms with Gasteiger partial charge in [0.05, 0.1) is 19.8 Å². The Kier molecular flexibility index (Phi) is 3.73. The van der Waals surface area contributed by atoms with Crippen molar-refractivity contribution in [1.29, 1.82) is 0 Å². The van der Waals surface area contributed by atoms with E-state index in [9.17, 15) is 8.78 Å². The number of benzene rings is 2. The minimum Gasteiger partial charge on any atom is -0.206 e. The molecule has 0 saturated carbocycles. The minimum absolute atomic E-state index is 0.334. The highest BCUT2D eigenvalue weighted by Crippen LogP contribution is 2.41.